The first kappa shape index (κ1) is 24.1. The molecule has 1 aromatic rings. The quantitative estimate of drug-likeness (QED) is 0.261. The van der Waals surface area contributed by atoms with Crippen LogP contribution in [-0.4, -0.2) is 13.0 Å². The average Bonchev–Trinajstić information content (AvgIpc) is 2.77. The molecular weight excluding hydrogens is 404 g/mol. The Balaban J connectivity index is 1.33. The highest BCUT2D eigenvalue weighted by Crippen LogP contribution is 2.44. The lowest BCUT2D eigenvalue weighted by molar-refractivity contribution is -0.0498. The third kappa shape index (κ3) is 8.16. The number of rotatable bonds is 10. The first-order chi connectivity index (χ1) is 15.0. The van der Waals surface area contributed by atoms with E-state index in [0.29, 0.717) is 12.3 Å². The van der Waals surface area contributed by atoms with E-state index in [0.717, 1.165) is 24.2 Å². The number of alkyl halides is 4. The van der Waals surface area contributed by atoms with Gasteiger partial charge in [-0.2, -0.15) is 8.78 Å². The van der Waals surface area contributed by atoms with Gasteiger partial charge in [-0.1, -0.05) is 37.1 Å². The molecule has 2 aliphatic carbocycles. The number of allylic oxidation sites excluding steroid dienone is 2. The van der Waals surface area contributed by atoms with E-state index in [1.807, 2.05) is 18.2 Å². The zero-order chi connectivity index (χ0) is 22.1. The second-order valence-corrected chi connectivity index (χ2v) is 9.36. The molecule has 0 bridgehead atoms. The van der Waals surface area contributed by atoms with E-state index < -0.39 is 13.0 Å². The molecule has 0 amide bonds. The standard InChI is InChI=1S/C26H36F4O/c27-25(28)6-4-2-1-3-5-19-7-9-20(10-8-19)21-11-13-22(14-12-21)23-15-17-24(18-16-23)31-26(29)30/h1-2,15-22,25-26H,3-14H2. The first-order valence-corrected chi connectivity index (χ1v) is 12.0. The monoisotopic (exact) mass is 440 g/mol. The van der Waals surface area contributed by atoms with Crippen LogP contribution in [0, 0.1) is 17.8 Å². The Kier molecular flexibility index (Phi) is 9.73. The van der Waals surface area contributed by atoms with E-state index in [-0.39, 0.29) is 12.2 Å². The fourth-order valence-corrected chi connectivity index (χ4v) is 5.58. The van der Waals surface area contributed by atoms with Crippen LogP contribution in [0.4, 0.5) is 17.6 Å². The molecule has 2 saturated carbocycles. The number of halogens is 4. The van der Waals surface area contributed by atoms with Crippen LogP contribution in [0.1, 0.15) is 88.5 Å². The van der Waals surface area contributed by atoms with Gasteiger partial charge in [0.15, 0.2) is 0 Å². The lowest BCUT2D eigenvalue weighted by atomic mass is 9.68. The highest BCUT2D eigenvalue weighted by molar-refractivity contribution is 5.29. The number of ether oxygens (including phenoxy) is 1. The zero-order valence-corrected chi connectivity index (χ0v) is 18.3. The largest absolute Gasteiger partial charge is 0.435 e. The maximum absolute atomic E-state index is 12.3. The molecule has 0 heterocycles. The Hall–Kier alpha value is -1.52. The van der Waals surface area contributed by atoms with Crippen LogP contribution in [0.25, 0.3) is 0 Å². The summed E-state index contributed by atoms with van der Waals surface area (Å²) in [5.41, 5.74) is 1.24. The normalized spacial score (nSPS) is 27.3. The SMILES string of the molecule is FC(F)CCC=CCCC1CCC(C2CCC(c3ccc(OC(F)F)cc3)CC2)CC1. The Morgan fingerprint density at radius 3 is 1.94 bits per heavy atom. The maximum atomic E-state index is 12.3. The third-order valence-electron chi connectivity index (χ3n) is 7.37. The lowest BCUT2D eigenvalue weighted by Gasteiger charge is -2.38. The van der Waals surface area contributed by atoms with Crippen molar-refractivity contribution >= 4 is 0 Å². The first-order valence-electron chi connectivity index (χ1n) is 12.0. The summed E-state index contributed by atoms with van der Waals surface area (Å²) < 4.78 is 53.3. The summed E-state index contributed by atoms with van der Waals surface area (Å²) in [4.78, 5) is 0. The van der Waals surface area contributed by atoms with Crippen molar-refractivity contribution in [1.29, 1.82) is 0 Å². The van der Waals surface area contributed by atoms with Crippen LogP contribution in [0.2, 0.25) is 0 Å². The predicted octanol–water partition coefficient (Wildman–Crippen LogP) is 8.75. The Morgan fingerprint density at radius 1 is 0.774 bits per heavy atom. The highest BCUT2D eigenvalue weighted by atomic mass is 19.3. The highest BCUT2D eigenvalue weighted by Gasteiger charge is 2.31. The summed E-state index contributed by atoms with van der Waals surface area (Å²) in [6.45, 7) is -2.77. The fourth-order valence-electron chi connectivity index (χ4n) is 5.58. The van der Waals surface area contributed by atoms with Crippen molar-refractivity contribution in [3.63, 3.8) is 0 Å². The molecule has 0 aliphatic heterocycles. The summed E-state index contributed by atoms with van der Waals surface area (Å²) in [7, 11) is 0. The molecule has 174 valence electrons. The van der Waals surface area contributed by atoms with Crippen molar-refractivity contribution in [2.45, 2.75) is 96.0 Å². The second kappa shape index (κ2) is 12.5. The topological polar surface area (TPSA) is 9.23 Å². The van der Waals surface area contributed by atoms with E-state index in [1.54, 1.807) is 12.1 Å². The molecule has 0 unspecified atom stereocenters. The summed E-state index contributed by atoms with van der Waals surface area (Å²) in [5.74, 6) is 3.23. The number of hydrogen-bond acceptors (Lipinski definition) is 1. The Labute approximate surface area is 184 Å². The van der Waals surface area contributed by atoms with Crippen LogP contribution >= 0.6 is 0 Å². The minimum Gasteiger partial charge on any atom is -0.435 e. The molecule has 1 aromatic carbocycles. The van der Waals surface area contributed by atoms with Gasteiger partial charge in [0, 0.05) is 6.42 Å². The van der Waals surface area contributed by atoms with Crippen molar-refractivity contribution in [3.8, 4) is 5.75 Å². The molecule has 1 nitrogen and oxygen atoms in total. The maximum Gasteiger partial charge on any atom is 0.387 e. The van der Waals surface area contributed by atoms with Crippen molar-refractivity contribution in [3.05, 3.63) is 42.0 Å². The van der Waals surface area contributed by atoms with Crippen LogP contribution < -0.4 is 4.74 Å². The summed E-state index contributed by atoms with van der Waals surface area (Å²) >= 11 is 0. The molecular formula is C26H36F4O. The van der Waals surface area contributed by atoms with Gasteiger partial charge in [0.25, 0.3) is 0 Å². The van der Waals surface area contributed by atoms with E-state index in [1.165, 1.54) is 63.4 Å². The molecule has 2 aliphatic rings. The van der Waals surface area contributed by atoms with E-state index in [2.05, 4.69) is 10.8 Å². The fraction of sp³-hybridized carbons (Fsp3) is 0.692. The number of hydrogen-bond donors (Lipinski definition) is 0. The third-order valence-corrected chi connectivity index (χ3v) is 7.37. The van der Waals surface area contributed by atoms with Crippen LogP contribution in [-0.2, 0) is 0 Å². The van der Waals surface area contributed by atoms with Gasteiger partial charge in [-0.05, 0) is 99.2 Å². The molecule has 3 rings (SSSR count). The average molecular weight is 441 g/mol. The molecule has 0 radical (unpaired) electrons. The Bertz CT molecular complexity index is 642. The van der Waals surface area contributed by atoms with Crippen molar-refractivity contribution < 1.29 is 22.3 Å². The van der Waals surface area contributed by atoms with Gasteiger partial charge >= 0.3 is 6.61 Å². The molecule has 31 heavy (non-hydrogen) atoms. The second-order valence-electron chi connectivity index (χ2n) is 9.36. The van der Waals surface area contributed by atoms with Gasteiger partial charge in [-0.3, -0.25) is 0 Å². The molecule has 0 N–H and O–H groups in total. The summed E-state index contributed by atoms with van der Waals surface area (Å²) in [6, 6.07) is 7.19. The Morgan fingerprint density at radius 2 is 1.35 bits per heavy atom. The molecule has 0 aromatic heterocycles. The van der Waals surface area contributed by atoms with Crippen molar-refractivity contribution in [2.24, 2.45) is 17.8 Å². The van der Waals surface area contributed by atoms with E-state index >= 15 is 0 Å². The minimum absolute atomic E-state index is 0.0255. The van der Waals surface area contributed by atoms with Gasteiger partial charge < -0.3 is 4.74 Å². The summed E-state index contributed by atoms with van der Waals surface area (Å²) in [6.07, 6.45) is 14.6. The smallest absolute Gasteiger partial charge is 0.387 e. The van der Waals surface area contributed by atoms with E-state index in [4.69, 9.17) is 0 Å². The molecule has 2 fully saturated rings. The van der Waals surface area contributed by atoms with Gasteiger partial charge in [0.1, 0.15) is 5.75 Å². The summed E-state index contributed by atoms with van der Waals surface area (Å²) in [5, 5.41) is 0. The predicted molar refractivity (Wildman–Crippen MR) is 117 cm³/mol. The minimum atomic E-state index is -2.77. The zero-order valence-electron chi connectivity index (χ0n) is 18.3. The van der Waals surface area contributed by atoms with Gasteiger partial charge in [-0.15, -0.1) is 0 Å². The van der Waals surface area contributed by atoms with Crippen LogP contribution in [0.15, 0.2) is 36.4 Å². The molecule has 0 spiro atoms. The van der Waals surface area contributed by atoms with Crippen LogP contribution in [0.3, 0.4) is 0 Å². The van der Waals surface area contributed by atoms with Gasteiger partial charge in [-0.25, -0.2) is 8.78 Å². The molecule has 5 heteroatoms. The van der Waals surface area contributed by atoms with Gasteiger partial charge in [0.2, 0.25) is 6.43 Å². The molecule has 0 atom stereocenters. The van der Waals surface area contributed by atoms with Crippen molar-refractivity contribution in [2.75, 3.05) is 0 Å². The lowest BCUT2D eigenvalue weighted by Crippen LogP contribution is -2.25. The van der Waals surface area contributed by atoms with E-state index in [9.17, 15) is 17.6 Å². The van der Waals surface area contributed by atoms with Crippen LogP contribution in [0.5, 0.6) is 5.75 Å². The number of benzene rings is 1. The van der Waals surface area contributed by atoms with Crippen molar-refractivity contribution in [1.82, 2.24) is 0 Å². The molecule has 0 saturated heterocycles. The van der Waals surface area contributed by atoms with Gasteiger partial charge in [0.05, 0.1) is 0 Å².